The van der Waals surface area contributed by atoms with E-state index in [4.69, 9.17) is 28.9 Å². The summed E-state index contributed by atoms with van der Waals surface area (Å²) >= 11 is 11.8. The Morgan fingerprint density at radius 3 is 2.80 bits per heavy atom. The fourth-order valence-corrected chi connectivity index (χ4v) is 1.42. The van der Waals surface area contributed by atoms with E-state index in [1.165, 1.54) is 0 Å². The average molecular weight is 247 g/mol. The lowest BCUT2D eigenvalue weighted by molar-refractivity contribution is -0.119. The Bertz CT molecular complexity index is 368. The van der Waals surface area contributed by atoms with E-state index < -0.39 is 5.91 Å². The Kier molecular flexibility index (Phi) is 4.39. The lowest BCUT2D eigenvalue weighted by Gasteiger charge is -2.11. The number of carbonyl (C=O) groups excluding carboxylic acids is 1. The molecule has 3 N–H and O–H groups in total. The summed E-state index contributed by atoms with van der Waals surface area (Å²) in [6, 6.07) is 4.80. The first-order valence-electron chi connectivity index (χ1n) is 4.47. The van der Waals surface area contributed by atoms with Crippen molar-refractivity contribution in [3.8, 4) is 0 Å². The summed E-state index contributed by atoms with van der Waals surface area (Å²) in [5.74, 6) is -0.395. The predicted molar refractivity (Wildman–Crippen MR) is 62.0 cm³/mol. The van der Waals surface area contributed by atoms with Crippen molar-refractivity contribution in [3.63, 3.8) is 0 Å². The summed E-state index contributed by atoms with van der Waals surface area (Å²) in [5, 5.41) is 4.18. The average Bonchev–Trinajstić information content (AvgIpc) is 2.18. The van der Waals surface area contributed by atoms with Gasteiger partial charge in [0.1, 0.15) is 0 Å². The van der Waals surface area contributed by atoms with E-state index in [1.54, 1.807) is 25.1 Å². The van der Waals surface area contributed by atoms with Crippen LogP contribution in [0.1, 0.15) is 12.5 Å². The van der Waals surface area contributed by atoms with Gasteiger partial charge in [-0.25, -0.2) is 0 Å². The molecule has 1 unspecified atom stereocenters. The number of nitrogens with one attached hydrogen (secondary N) is 1. The van der Waals surface area contributed by atoms with Crippen LogP contribution < -0.4 is 11.1 Å². The van der Waals surface area contributed by atoms with Crippen LogP contribution in [0, 0.1) is 0 Å². The summed E-state index contributed by atoms with van der Waals surface area (Å²) in [4.78, 5) is 10.8. The van der Waals surface area contributed by atoms with Gasteiger partial charge in [0.25, 0.3) is 0 Å². The van der Waals surface area contributed by atoms with Crippen LogP contribution in [-0.4, -0.2) is 11.9 Å². The van der Waals surface area contributed by atoms with Gasteiger partial charge in [-0.15, -0.1) is 0 Å². The third-order valence-corrected chi connectivity index (χ3v) is 2.64. The van der Waals surface area contributed by atoms with Crippen molar-refractivity contribution in [2.24, 2.45) is 5.73 Å². The van der Waals surface area contributed by atoms with E-state index in [2.05, 4.69) is 5.32 Å². The summed E-state index contributed by atoms with van der Waals surface area (Å²) in [6.45, 7) is 2.16. The van der Waals surface area contributed by atoms with Crippen molar-refractivity contribution in [2.45, 2.75) is 19.5 Å². The number of primary amides is 1. The minimum Gasteiger partial charge on any atom is -0.368 e. The van der Waals surface area contributed by atoms with Crippen LogP contribution in [-0.2, 0) is 11.3 Å². The zero-order valence-electron chi connectivity index (χ0n) is 8.26. The molecule has 1 aromatic rings. The van der Waals surface area contributed by atoms with E-state index >= 15 is 0 Å². The molecule has 82 valence electrons. The molecule has 0 radical (unpaired) electrons. The number of nitrogens with two attached hydrogens (primary N) is 1. The number of hydrogen-bond acceptors (Lipinski definition) is 2. The van der Waals surface area contributed by atoms with Gasteiger partial charge in [0, 0.05) is 16.6 Å². The first-order valence-corrected chi connectivity index (χ1v) is 5.23. The fourth-order valence-electron chi connectivity index (χ4n) is 1.04. The van der Waals surface area contributed by atoms with Gasteiger partial charge in [0.05, 0.1) is 6.04 Å². The molecule has 0 saturated heterocycles. The highest BCUT2D eigenvalue weighted by molar-refractivity contribution is 6.33. The molecule has 0 aliphatic rings. The third-order valence-electron chi connectivity index (χ3n) is 2.03. The second-order valence-corrected chi connectivity index (χ2v) is 4.08. The fraction of sp³-hybridized carbons (Fsp3) is 0.300. The molecule has 15 heavy (non-hydrogen) atoms. The topological polar surface area (TPSA) is 55.1 Å². The van der Waals surface area contributed by atoms with E-state index in [0.29, 0.717) is 16.6 Å². The minimum absolute atomic E-state index is 0.389. The predicted octanol–water partition coefficient (Wildman–Crippen LogP) is 1.96. The molecule has 0 aliphatic carbocycles. The van der Waals surface area contributed by atoms with E-state index in [-0.39, 0.29) is 6.04 Å². The van der Waals surface area contributed by atoms with Crippen molar-refractivity contribution in [1.82, 2.24) is 5.32 Å². The number of amides is 1. The third kappa shape index (κ3) is 3.70. The van der Waals surface area contributed by atoms with Crippen molar-refractivity contribution < 1.29 is 4.79 Å². The Balaban J connectivity index is 2.65. The normalized spacial score (nSPS) is 12.5. The molecule has 1 atom stereocenters. The largest absolute Gasteiger partial charge is 0.368 e. The molecule has 3 nitrogen and oxygen atoms in total. The monoisotopic (exact) mass is 246 g/mol. The quantitative estimate of drug-likeness (QED) is 0.854. The van der Waals surface area contributed by atoms with Crippen LogP contribution in [0.4, 0.5) is 0 Å². The molecule has 0 aliphatic heterocycles. The molecule has 0 saturated carbocycles. The number of rotatable bonds is 4. The molecule has 0 bridgehead atoms. The lowest BCUT2D eigenvalue weighted by Crippen LogP contribution is -2.38. The second-order valence-electron chi connectivity index (χ2n) is 3.24. The zero-order chi connectivity index (χ0) is 11.4. The van der Waals surface area contributed by atoms with Crippen molar-refractivity contribution >= 4 is 29.1 Å². The Morgan fingerprint density at radius 2 is 2.20 bits per heavy atom. The van der Waals surface area contributed by atoms with Crippen molar-refractivity contribution in [2.75, 3.05) is 0 Å². The van der Waals surface area contributed by atoms with E-state index in [1.807, 2.05) is 0 Å². The Labute approximate surface area is 98.5 Å². The highest BCUT2D eigenvalue weighted by atomic mass is 35.5. The van der Waals surface area contributed by atoms with E-state index in [9.17, 15) is 4.79 Å². The van der Waals surface area contributed by atoms with Gasteiger partial charge < -0.3 is 11.1 Å². The van der Waals surface area contributed by atoms with Crippen LogP contribution in [0.2, 0.25) is 10.0 Å². The van der Waals surface area contributed by atoms with Crippen LogP contribution in [0.25, 0.3) is 0 Å². The maximum absolute atomic E-state index is 10.8. The van der Waals surface area contributed by atoms with Gasteiger partial charge in [0.15, 0.2) is 0 Å². The smallest absolute Gasteiger partial charge is 0.234 e. The summed E-state index contributed by atoms with van der Waals surface area (Å²) in [7, 11) is 0. The summed E-state index contributed by atoms with van der Waals surface area (Å²) in [6.07, 6.45) is 0. The second kappa shape index (κ2) is 5.35. The van der Waals surface area contributed by atoms with E-state index in [0.717, 1.165) is 5.56 Å². The molecular weight excluding hydrogens is 235 g/mol. The number of carbonyl (C=O) groups is 1. The van der Waals surface area contributed by atoms with Gasteiger partial charge in [-0.3, -0.25) is 4.79 Å². The van der Waals surface area contributed by atoms with Gasteiger partial charge in [-0.1, -0.05) is 23.2 Å². The first kappa shape index (κ1) is 12.3. The number of halogens is 2. The van der Waals surface area contributed by atoms with Gasteiger partial charge in [-0.05, 0) is 30.7 Å². The molecule has 0 heterocycles. The molecule has 1 aromatic carbocycles. The van der Waals surface area contributed by atoms with Crippen LogP contribution in [0.3, 0.4) is 0 Å². The molecule has 1 rings (SSSR count). The van der Waals surface area contributed by atoms with Crippen molar-refractivity contribution in [3.05, 3.63) is 33.8 Å². The molecular formula is C10H12Cl2N2O. The minimum atomic E-state index is -0.395. The van der Waals surface area contributed by atoms with Crippen LogP contribution in [0.15, 0.2) is 18.2 Å². The van der Waals surface area contributed by atoms with Crippen LogP contribution in [0.5, 0.6) is 0 Å². The van der Waals surface area contributed by atoms with Crippen LogP contribution >= 0.6 is 23.2 Å². The standard InChI is InChI=1S/C10H12Cl2N2O/c1-6(10(13)15)14-5-7-4-8(11)2-3-9(7)12/h2-4,6,14H,5H2,1H3,(H2,13,15). The Morgan fingerprint density at radius 1 is 1.53 bits per heavy atom. The Hall–Kier alpha value is -0.770. The highest BCUT2D eigenvalue weighted by Gasteiger charge is 2.08. The molecule has 0 aromatic heterocycles. The first-order chi connectivity index (χ1) is 7.00. The number of hydrogen-bond donors (Lipinski definition) is 2. The molecule has 1 amide bonds. The molecule has 5 heteroatoms. The van der Waals surface area contributed by atoms with Gasteiger partial charge in [-0.2, -0.15) is 0 Å². The molecule has 0 fully saturated rings. The lowest BCUT2D eigenvalue weighted by atomic mass is 10.2. The molecule has 0 spiro atoms. The highest BCUT2D eigenvalue weighted by Crippen LogP contribution is 2.20. The maximum Gasteiger partial charge on any atom is 0.234 e. The van der Waals surface area contributed by atoms with Gasteiger partial charge >= 0.3 is 0 Å². The summed E-state index contributed by atoms with van der Waals surface area (Å²) < 4.78 is 0. The number of benzene rings is 1. The maximum atomic E-state index is 10.8. The van der Waals surface area contributed by atoms with Crippen molar-refractivity contribution in [1.29, 1.82) is 0 Å². The van der Waals surface area contributed by atoms with Gasteiger partial charge in [0.2, 0.25) is 5.91 Å². The SMILES string of the molecule is CC(NCc1cc(Cl)ccc1Cl)C(N)=O. The zero-order valence-corrected chi connectivity index (χ0v) is 9.77. The summed E-state index contributed by atoms with van der Waals surface area (Å²) in [5.41, 5.74) is 5.95.